The molecule has 2 rings (SSSR count). The summed E-state index contributed by atoms with van der Waals surface area (Å²) in [5.74, 6) is -0.0543. The van der Waals surface area contributed by atoms with Crippen molar-refractivity contribution in [1.29, 1.82) is 5.26 Å². The number of β-amino-alcohol motifs (C(OH)–C–C–N with tert-alkyl or cyclic N) is 1. The van der Waals surface area contributed by atoms with Gasteiger partial charge in [0.25, 0.3) is 0 Å². The molecule has 1 atom stereocenters. The number of ether oxygens (including phenoxy) is 1. The zero-order chi connectivity index (χ0) is 15.9. The zero-order valence-electron chi connectivity index (χ0n) is 12.7. The van der Waals surface area contributed by atoms with Crippen molar-refractivity contribution in [2.45, 2.75) is 13.0 Å². The molecule has 1 aliphatic rings. The van der Waals surface area contributed by atoms with Crippen LogP contribution in [0.3, 0.4) is 0 Å². The van der Waals surface area contributed by atoms with Crippen LogP contribution in [-0.2, 0) is 4.74 Å². The lowest BCUT2D eigenvalue weighted by Crippen LogP contribution is -2.42. The van der Waals surface area contributed by atoms with Crippen LogP contribution in [0.5, 0.6) is 0 Å². The number of carbonyl (C=O) groups excluding carboxylic acids is 1. The molecule has 0 aromatic heterocycles. The van der Waals surface area contributed by atoms with E-state index in [9.17, 15) is 9.90 Å². The minimum absolute atomic E-state index is 0.0543. The van der Waals surface area contributed by atoms with Crippen LogP contribution in [-0.4, -0.2) is 61.3 Å². The number of hydrogen-bond donors (Lipinski definition) is 2. The summed E-state index contributed by atoms with van der Waals surface area (Å²) in [7, 11) is 0. The van der Waals surface area contributed by atoms with Crippen molar-refractivity contribution in [3.63, 3.8) is 0 Å². The molecule has 1 aromatic carbocycles. The number of aliphatic hydroxyl groups excluding tert-OH is 1. The van der Waals surface area contributed by atoms with Crippen molar-refractivity contribution in [2.75, 3.05) is 44.7 Å². The average molecular weight is 303 g/mol. The molecule has 0 spiro atoms. The van der Waals surface area contributed by atoms with Gasteiger partial charge in [-0.25, -0.2) is 0 Å². The van der Waals surface area contributed by atoms with Crippen molar-refractivity contribution in [2.24, 2.45) is 0 Å². The average Bonchev–Trinajstić information content (AvgIpc) is 2.53. The molecular formula is C16H21N3O3. The van der Waals surface area contributed by atoms with E-state index in [1.165, 1.54) is 6.92 Å². The summed E-state index contributed by atoms with van der Waals surface area (Å²) >= 11 is 0. The fourth-order valence-corrected chi connectivity index (χ4v) is 2.38. The Balaban J connectivity index is 1.93. The second-order valence-corrected chi connectivity index (χ2v) is 5.38. The summed E-state index contributed by atoms with van der Waals surface area (Å²) in [5.41, 5.74) is 1.59. The molecule has 0 radical (unpaired) electrons. The smallest absolute Gasteiger partial charge is 0.159 e. The summed E-state index contributed by atoms with van der Waals surface area (Å²) in [6, 6.07) is 6.99. The first-order valence-electron chi connectivity index (χ1n) is 7.37. The van der Waals surface area contributed by atoms with E-state index in [-0.39, 0.29) is 5.78 Å². The van der Waals surface area contributed by atoms with Gasteiger partial charge in [0.1, 0.15) is 6.07 Å². The molecule has 22 heavy (non-hydrogen) atoms. The van der Waals surface area contributed by atoms with Gasteiger partial charge in [0.2, 0.25) is 0 Å². The predicted octanol–water partition coefficient (Wildman–Crippen LogP) is 0.866. The number of rotatable bonds is 6. The molecule has 1 unspecified atom stereocenters. The maximum atomic E-state index is 11.4. The molecule has 0 amide bonds. The lowest BCUT2D eigenvalue weighted by molar-refractivity contribution is 0.0171. The molecule has 0 aliphatic carbocycles. The van der Waals surface area contributed by atoms with Gasteiger partial charge in [0, 0.05) is 31.7 Å². The Hall–Kier alpha value is -1.94. The summed E-state index contributed by atoms with van der Waals surface area (Å²) < 4.78 is 5.27. The number of carbonyl (C=O) groups is 1. The highest BCUT2D eigenvalue weighted by Gasteiger charge is 2.15. The number of nitriles is 1. The second kappa shape index (κ2) is 7.90. The lowest BCUT2D eigenvalue weighted by atomic mass is 10.1. The van der Waals surface area contributed by atoms with Gasteiger partial charge in [-0.2, -0.15) is 5.26 Å². The minimum atomic E-state index is -0.550. The Morgan fingerprint density at radius 1 is 1.50 bits per heavy atom. The highest BCUT2D eigenvalue weighted by Crippen LogP contribution is 2.17. The lowest BCUT2D eigenvalue weighted by Gasteiger charge is -2.28. The van der Waals surface area contributed by atoms with Gasteiger partial charge in [-0.15, -0.1) is 0 Å². The standard InChI is InChI=1S/C16H21N3O3/c1-12(20)13-2-3-14(9-17)16(8-13)18-10-15(21)11-19-4-6-22-7-5-19/h2-3,8,15,18,21H,4-7,10-11H2,1H3. The molecule has 2 N–H and O–H groups in total. The van der Waals surface area contributed by atoms with Gasteiger partial charge in [0.05, 0.1) is 30.6 Å². The van der Waals surface area contributed by atoms with E-state index < -0.39 is 6.10 Å². The summed E-state index contributed by atoms with van der Waals surface area (Å²) in [6.45, 7) is 5.40. The van der Waals surface area contributed by atoms with Gasteiger partial charge in [0.15, 0.2) is 5.78 Å². The van der Waals surface area contributed by atoms with Crippen LogP contribution in [0.4, 0.5) is 5.69 Å². The number of Topliss-reactive ketones (excluding diaryl/α,β-unsaturated/α-hetero) is 1. The Labute approximate surface area is 130 Å². The maximum Gasteiger partial charge on any atom is 0.159 e. The topological polar surface area (TPSA) is 85.6 Å². The van der Waals surface area contributed by atoms with E-state index in [2.05, 4.69) is 16.3 Å². The monoisotopic (exact) mass is 303 g/mol. The van der Waals surface area contributed by atoms with E-state index in [0.717, 1.165) is 13.1 Å². The molecule has 6 nitrogen and oxygen atoms in total. The number of anilines is 1. The molecule has 1 aromatic rings. The van der Waals surface area contributed by atoms with E-state index in [1.54, 1.807) is 18.2 Å². The van der Waals surface area contributed by atoms with E-state index in [0.29, 0.717) is 43.1 Å². The van der Waals surface area contributed by atoms with Gasteiger partial charge in [-0.1, -0.05) is 0 Å². The molecular weight excluding hydrogens is 282 g/mol. The molecule has 6 heteroatoms. The van der Waals surface area contributed by atoms with Crippen LogP contribution in [0.1, 0.15) is 22.8 Å². The van der Waals surface area contributed by atoms with Crippen molar-refractivity contribution in [1.82, 2.24) is 4.90 Å². The zero-order valence-corrected chi connectivity index (χ0v) is 12.7. The number of ketones is 1. The normalized spacial score (nSPS) is 16.8. The minimum Gasteiger partial charge on any atom is -0.390 e. The first-order chi connectivity index (χ1) is 10.6. The predicted molar refractivity (Wildman–Crippen MR) is 82.9 cm³/mol. The molecule has 0 saturated carbocycles. The first-order valence-corrected chi connectivity index (χ1v) is 7.37. The number of nitrogens with zero attached hydrogens (tertiary/aromatic N) is 2. The third kappa shape index (κ3) is 4.53. The van der Waals surface area contributed by atoms with E-state index >= 15 is 0 Å². The number of hydrogen-bond acceptors (Lipinski definition) is 6. The van der Waals surface area contributed by atoms with Crippen molar-refractivity contribution in [3.8, 4) is 6.07 Å². The highest BCUT2D eigenvalue weighted by atomic mass is 16.5. The summed E-state index contributed by atoms with van der Waals surface area (Å²) in [4.78, 5) is 13.6. The SMILES string of the molecule is CC(=O)c1ccc(C#N)c(NCC(O)CN2CCOCC2)c1. The largest absolute Gasteiger partial charge is 0.390 e. The van der Waals surface area contributed by atoms with Crippen molar-refractivity contribution < 1.29 is 14.6 Å². The van der Waals surface area contributed by atoms with Crippen LogP contribution < -0.4 is 5.32 Å². The number of nitrogens with one attached hydrogen (secondary N) is 1. The van der Waals surface area contributed by atoms with E-state index in [4.69, 9.17) is 10.00 Å². The molecule has 118 valence electrons. The molecule has 1 fully saturated rings. The van der Waals surface area contributed by atoms with E-state index in [1.807, 2.05) is 0 Å². The summed E-state index contributed by atoms with van der Waals surface area (Å²) in [6.07, 6.45) is -0.550. The Bertz CT molecular complexity index is 562. The fraction of sp³-hybridized carbons (Fsp3) is 0.500. The van der Waals surface area contributed by atoms with Gasteiger partial charge in [-0.3, -0.25) is 9.69 Å². The number of aliphatic hydroxyl groups is 1. The fourth-order valence-electron chi connectivity index (χ4n) is 2.38. The Kier molecular flexibility index (Phi) is 5.90. The maximum absolute atomic E-state index is 11.4. The van der Waals surface area contributed by atoms with Gasteiger partial charge >= 0.3 is 0 Å². The Morgan fingerprint density at radius 2 is 2.23 bits per heavy atom. The number of morpholine rings is 1. The van der Waals surface area contributed by atoms with Gasteiger partial charge < -0.3 is 15.2 Å². The third-order valence-electron chi connectivity index (χ3n) is 3.65. The quantitative estimate of drug-likeness (QED) is 0.758. The van der Waals surface area contributed by atoms with Crippen LogP contribution >= 0.6 is 0 Å². The first kappa shape index (κ1) is 16.4. The Morgan fingerprint density at radius 3 is 2.86 bits per heavy atom. The van der Waals surface area contributed by atoms with Crippen LogP contribution in [0.25, 0.3) is 0 Å². The van der Waals surface area contributed by atoms with Crippen molar-refractivity contribution >= 4 is 11.5 Å². The third-order valence-corrected chi connectivity index (χ3v) is 3.65. The van der Waals surface area contributed by atoms with Crippen LogP contribution in [0.15, 0.2) is 18.2 Å². The van der Waals surface area contributed by atoms with Gasteiger partial charge in [-0.05, 0) is 25.1 Å². The molecule has 1 aliphatic heterocycles. The van der Waals surface area contributed by atoms with Crippen LogP contribution in [0, 0.1) is 11.3 Å². The van der Waals surface area contributed by atoms with Crippen molar-refractivity contribution in [3.05, 3.63) is 29.3 Å². The summed E-state index contributed by atoms with van der Waals surface area (Å²) in [5, 5.41) is 22.3. The molecule has 0 bridgehead atoms. The highest BCUT2D eigenvalue weighted by molar-refractivity contribution is 5.95. The number of benzene rings is 1. The second-order valence-electron chi connectivity index (χ2n) is 5.38. The molecule has 1 saturated heterocycles. The van der Waals surface area contributed by atoms with Crippen LogP contribution in [0.2, 0.25) is 0 Å². The molecule has 1 heterocycles.